The van der Waals surface area contributed by atoms with E-state index in [0.29, 0.717) is 5.92 Å². The highest BCUT2D eigenvalue weighted by atomic mass is 35.5. The number of amides is 1. The Balaban J connectivity index is 0. The maximum Gasteiger partial charge on any atom is 0.243 e. The summed E-state index contributed by atoms with van der Waals surface area (Å²) >= 11 is 0. The Bertz CT molecular complexity index is 242. The molecular formula is C14H29ClN2O. The first kappa shape index (κ1) is 19.8. The molecule has 1 atom stereocenters. The Hall–Kier alpha value is -0.540. The van der Waals surface area contributed by atoms with Gasteiger partial charge in [0.1, 0.15) is 0 Å². The van der Waals surface area contributed by atoms with Gasteiger partial charge in [-0.15, -0.1) is 0 Å². The van der Waals surface area contributed by atoms with Crippen LogP contribution in [0.3, 0.4) is 0 Å². The molecule has 0 rings (SSSR count). The molecule has 0 bridgehead atoms. The maximum absolute atomic E-state index is 10.9. The van der Waals surface area contributed by atoms with Gasteiger partial charge in [0.05, 0.1) is 27.2 Å². The Labute approximate surface area is 119 Å². The fraction of sp³-hybridized carbons (Fsp3) is 0.786. The van der Waals surface area contributed by atoms with Crippen LogP contribution in [0.25, 0.3) is 0 Å². The fourth-order valence-electron chi connectivity index (χ4n) is 2.37. The maximum atomic E-state index is 10.9. The van der Waals surface area contributed by atoms with Crippen LogP contribution in [0.2, 0.25) is 0 Å². The number of rotatable bonds is 9. The molecule has 0 radical (unpaired) electrons. The molecule has 0 aromatic rings. The predicted molar refractivity (Wildman–Crippen MR) is 73.7 cm³/mol. The topological polar surface area (TPSA) is 29.1 Å². The van der Waals surface area contributed by atoms with E-state index in [9.17, 15) is 4.79 Å². The second-order valence-corrected chi connectivity index (χ2v) is 5.58. The minimum atomic E-state index is -0.0697. The Morgan fingerprint density at radius 1 is 1.44 bits per heavy atom. The normalized spacial score (nSPS) is 12.4. The van der Waals surface area contributed by atoms with Crippen molar-refractivity contribution in [3.63, 3.8) is 0 Å². The summed E-state index contributed by atoms with van der Waals surface area (Å²) < 4.78 is 1.09. The van der Waals surface area contributed by atoms with Crippen LogP contribution in [-0.4, -0.2) is 44.1 Å². The Kier molecular flexibility index (Phi) is 11.4. The summed E-state index contributed by atoms with van der Waals surface area (Å²) in [7, 11) is 4.58. The van der Waals surface area contributed by atoms with Gasteiger partial charge in [-0.1, -0.05) is 20.4 Å². The second kappa shape index (κ2) is 10.4. The van der Waals surface area contributed by atoms with Crippen LogP contribution in [0.15, 0.2) is 12.7 Å². The van der Waals surface area contributed by atoms with Gasteiger partial charge in [0.2, 0.25) is 5.91 Å². The molecule has 0 saturated carbocycles. The van der Waals surface area contributed by atoms with E-state index in [-0.39, 0.29) is 18.3 Å². The van der Waals surface area contributed by atoms with Gasteiger partial charge in [0.25, 0.3) is 0 Å². The van der Waals surface area contributed by atoms with Crippen molar-refractivity contribution in [1.82, 2.24) is 5.32 Å². The lowest BCUT2D eigenvalue weighted by molar-refractivity contribution is -0.893. The van der Waals surface area contributed by atoms with Crippen molar-refractivity contribution >= 4 is 5.91 Å². The summed E-state index contributed by atoms with van der Waals surface area (Å²) in [6.07, 6.45) is 4.77. The number of carbonyl (C=O) groups excluding carboxylic acids is 1. The molecule has 108 valence electrons. The molecule has 18 heavy (non-hydrogen) atoms. The van der Waals surface area contributed by atoms with Gasteiger partial charge < -0.3 is 22.2 Å². The zero-order valence-electron chi connectivity index (χ0n) is 12.3. The number of hydrogen-bond donors (Lipinski definition) is 1. The van der Waals surface area contributed by atoms with E-state index in [1.807, 2.05) is 0 Å². The van der Waals surface area contributed by atoms with Crippen LogP contribution < -0.4 is 17.7 Å². The van der Waals surface area contributed by atoms with E-state index in [1.165, 1.54) is 32.0 Å². The zero-order valence-corrected chi connectivity index (χ0v) is 13.1. The molecule has 0 fully saturated rings. The molecule has 3 nitrogen and oxygen atoms in total. The van der Waals surface area contributed by atoms with E-state index in [2.05, 4.69) is 39.8 Å². The van der Waals surface area contributed by atoms with Crippen molar-refractivity contribution in [2.24, 2.45) is 5.92 Å². The molecule has 0 saturated heterocycles. The summed E-state index contributed by atoms with van der Waals surface area (Å²) in [5.74, 6) is 0.636. The predicted octanol–water partition coefficient (Wildman–Crippen LogP) is -0.805. The molecule has 1 N–H and O–H groups in total. The molecule has 0 aliphatic heterocycles. The van der Waals surface area contributed by atoms with E-state index >= 15 is 0 Å². The highest BCUT2D eigenvalue weighted by molar-refractivity contribution is 5.86. The van der Waals surface area contributed by atoms with Crippen LogP contribution in [0, 0.1) is 5.92 Å². The van der Waals surface area contributed by atoms with E-state index < -0.39 is 0 Å². The quantitative estimate of drug-likeness (QED) is 0.333. The number of nitrogens with one attached hydrogen (secondary N) is 1. The Morgan fingerprint density at radius 3 is 2.56 bits per heavy atom. The van der Waals surface area contributed by atoms with Crippen molar-refractivity contribution in [1.29, 1.82) is 0 Å². The van der Waals surface area contributed by atoms with Crippen LogP contribution in [0.4, 0.5) is 0 Å². The summed E-state index contributed by atoms with van der Waals surface area (Å²) in [5.41, 5.74) is 0. The minimum absolute atomic E-state index is 0. The molecular weight excluding hydrogens is 248 g/mol. The lowest BCUT2D eigenvalue weighted by Crippen LogP contribution is -3.00. The Morgan fingerprint density at radius 2 is 2.06 bits per heavy atom. The van der Waals surface area contributed by atoms with Crippen molar-refractivity contribution in [2.45, 2.75) is 33.1 Å². The van der Waals surface area contributed by atoms with Gasteiger partial charge in [-0.25, -0.2) is 0 Å². The van der Waals surface area contributed by atoms with Gasteiger partial charge in [-0.05, 0) is 25.3 Å². The smallest absolute Gasteiger partial charge is 0.243 e. The molecule has 0 aromatic carbocycles. The SMILES string of the molecule is C=CC(=O)NCCCC(C)C[N+](C)(C)CCC.[Cl-]. The van der Waals surface area contributed by atoms with Crippen LogP contribution in [-0.2, 0) is 4.79 Å². The molecule has 4 heteroatoms. The molecule has 0 aliphatic rings. The zero-order chi connectivity index (χ0) is 13.3. The highest BCUT2D eigenvalue weighted by Gasteiger charge is 2.17. The first-order valence-corrected chi connectivity index (χ1v) is 6.63. The number of halogens is 1. The second-order valence-electron chi connectivity index (χ2n) is 5.58. The lowest BCUT2D eigenvalue weighted by Gasteiger charge is -2.32. The van der Waals surface area contributed by atoms with E-state index in [0.717, 1.165) is 17.4 Å². The average molecular weight is 277 g/mol. The first-order chi connectivity index (χ1) is 7.91. The molecule has 0 heterocycles. The van der Waals surface area contributed by atoms with Gasteiger partial charge in [-0.2, -0.15) is 0 Å². The van der Waals surface area contributed by atoms with Gasteiger partial charge >= 0.3 is 0 Å². The molecule has 0 spiro atoms. The summed E-state index contributed by atoms with van der Waals surface area (Å²) in [6, 6.07) is 0. The lowest BCUT2D eigenvalue weighted by atomic mass is 10.0. The van der Waals surface area contributed by atoms with Gasteiger partial charge in [0.15, 0.2) is 0 Å². The van der Waals surface area contributed by atoms with Crippen molar-refractivity contribution in [3.05, 3.63) is 12.7 Å². The average Bonchev–Trinajstić information content (AvgIpc) is 2.23. The fourth-order valence-corrected chi connectivity index (χ4v) is 2.37. The van der Waals surface area contributed by atoms with Gasteiger partial charge in [0, 0.05) is 12.5 Å². The third-order valence-electron chi connectivity index (χ3n) is 2.99. The third kappa shape index (κ3) is 10.6. The van der Waals surface area contributed by atoms with Crippen LogP contribution >= 0.6 is 0 Å². The number of quaternary nitrogens is 1. The largest absolute Gasteiger partial charge is 1.00 e. The van der Waals surface area contributed by atoms with Crippen LogP contribution in [0.1, 0.15) is 33.1 Å². The van der Waals surface area contributed by atoms with Crippen molar-refractivity contribution in [3.8, 4) is 0 Å². The molecule has 0 aliphatic carbocycles. The summed E-state index contributed by atoms with van der Waals surface area (Å²) in [5, 5.41) is 2.81. The highest BCUT2D eigenvalue weighted by Crippen LogP contribution is 2.11. The van der Waals surface area contributed by atoms with Crippen LogP contribution in [0.5, 0.6) is 0 Å². The van der Waals surface area contributed by atoms with Gasteiger partial charge in [-0.3, -0.25) is 4.79 Å². The standard InChI is InChI=1S/C14H28N2O.ClH/c1-6-11-16(4,5)12-13(3)9-8-10-15-14(17)7-2;/h7,13H,2,6,8-12H2,1,3-5H3;1H. The monoisotopic (exact) mass is 276 g/mol. The van der Waals surface area contributed by atoms with E-state index in [1.54, 1.807) is 0 Å². The molecule has 1 amide bonds. The number of hydrogen-bond acceptors (Lipinski definition) is 1. The molecule has 0 aromatic heterocycles. The third-order valence-corrected chi connectivity index (χ3v) is 2.99. The van der Waals surface area contributed by atoms with E-state index in [4.69, 9.17) is 0 Å². The number of nitrogens with zero attached hydrogens (tertiary/aromatic N) is 1. The minimum Gasteiger partial charge on any atom is -1.00 e. The van der Waals surface area contributed by atoms with Crippen molar-refractivity contribution < 1.29 is 21.7 Å². The summed E-state index contributed by atoms with van der Waals surface area (Å²) in [4.78, 5) is 10.9. The number of carbonyl (C=O) groups is 1. The molecule has 1 unspecified atom stereocenters. The van der Waals surface area contributed by atoms with Crippen molar-refractivity contribution in [2.75, 3.05) is 33.7 Å². The summed E-state index contributed by atoms with van der Waals surface area (Å²) in [6.45, 7) is 11.2. The first-order valence-electron chi connectivity index (χ1n) is 6.63.